The Morgan fingerprint density at radius 3 is 2.53 bits per heavy atom. The number of nitro benzene ring substituents is 1. The summed E-state index contributed by atoms with van der Waals surface area (Å²) in [6, 6.07) is 20.4. The molecule has 9 heteroatoms. The van der Waals surface area contributed by atoms with Crippen LogP contribution in [0.3, 0.4) is 0 Å². The molecule has 0 atom stereocenters. The number of benzene rings is 3. The molecule has 0 aliphatic rings. The minimum absolute atomic E-state index is 0.0806. The third-order valence-corrected chi connectivity index (χ3v) is 5.75. The second kappa shape index (κ2) is 9.03. The molecule has 4 aromatic rings. The number of carbonyl (C=O) groups is 1. The van der Waals surface area contributed by atoms with E-state index in [0.29, 0.717) is 21.7 Å². The number of nitrogens with one attached hydrogen (secondary N) is 1. The van der Waals surface area contributed by atoms with Crippen LogP contribution in [0, 0.1) is 17.0 Å². The fourth-order valence-electron chi connectivity index (χ4n) is 3.29. The highest BCUT2D eigenvalue weighted by atomic mass is 32.2. The van der Waals surface area contributed by atoms with Crippen molar-refractivity contribution in [3.63, 3.8) is 0 Å². The van der Waals surface area contributed by atoms with Gasteiger partial charge in [0.05, 0.1) is 27.3 Å². The number of nitrogens with zero attached hydrogens (tertiary/aromatic N) is 3. The van der Waals surface area contributed by atoms with Crippen molar-refractivity contribution in [2.75, 3.05) is 11.1 Å². The summed E-state index contributed by atoms with van der Waals surface area (Å²) in [5.41, 5.74) is 1.79. The summed E-state index contributed by atoms with van der Waals surface area (Å²) in [5, 5.41) is 14.6. The number of amides is 1. The number of aryl methyl sites for hydroxylation is 1. The van der Waals surface area contributed by atoms with Gasteiger partial charge in [-0.05, 0) is 36.8 Å². The van der Waals surface area contributed by atoms with Crippen LogP contribution in [-0.2, 0) is 4.79 Å². The van der Waals surface area contributed by atoms with Gasteiger partial charge >= 0.3 is 0 Å². The van der Waals surface area contributed by atoms with Crippen molar-refractivity contribution in [1.29, 1.82) is 0 Å². The van der Waals surface area contributed by atoms with Gasteiger partial charge in [-0.25, -0.2) is 4.98 Å². The van der Waals surface area contributed by atoms with Gasteiger partial charge in [0.25, 0.3) is 11.2 Å². The summed E-state index contributed by atoms with van der Waals surface area (Å²) in [6.07, 6.45) is 0. The maximum atomic E-state index is 13.3. The summed E-state index contributed by atoms with van der Waals surface area (Å²) in [6.45, 7) is 1.90. The lowest BCUT2D eigenvalue weighted by molar-refractivity contribution is -0.383. The molecule has 0 bridgehead atoms. The smallest absolute Gasteiger partial charge is 0.292 e. The summed E-state index contributed by atoms with van der Waals surface area (Å²) in [7, 11) is 0. The second-order valence-electron chi connectivity index (χ2n) is 6.95. The molecular formula is C23H18N4O4S. The van der Waals surface area contributed by atoms with Crippen LogP contribution in [0.1, 0.15) is 5.56 Å². The molecule has 1 N–H and O–H groups in total. The minimum Gasteiger partial charge on any atom is -0.320 e. The summed E-state index contributed by atoms with van der Waals surface area (Å²) < 4.78 is 1.50. The monoisotopic (exact) mass is 446 g/mol. The Hall–Kier alpha value is -3.98. The Morgan fingerprint density at radius 2 is 1.75 bits per heavy atom. The molecular weight excluding hydrogens is 428 g/mol. The second-order valence-corrected chi connectivity index (χ2v) is 7.89. The number of carbonyl (C=O) groups excluding carboxylic acids is 1. The van der Waals surface area contributed by atoms with Crippen molar-refractivity contribution in [3.05, 3.63) is 98.8 Å². The molecule has 160 valence electrons. The van der Waals surface area contributed by atoms with Gasteiger partial charge in [-0.3, -0.25) is 24.3 Å². The lowest BCUT2D eigenvalue weighted by atomic mass is 10.2. The van der Waals surface area contributed by atoms with Gasteiger partial charge in [-0.2, -0.15) is 0 Å². The lowest BCUT2D eigenvalue weighted by Crippen LogP contribution is -2.23. The Labute approximate surface area is 187 Å². The van der Waals surface area contributed by atoms with Crippen molar-refractivity contribution in [1.82, 2.24) is 9.55 Å². The number of fused-ring (bicyclic) bond motifs is 1. The molecule has 4 rings (SSSR count). The van der Waals surface area contributed by atoms with Gasteiger partial charge in [0.15, 0.2) is 5.16 Å². The number of anilines is 1. The predicted molar refractivity (Wildman–Crippen MR) is 125 cm³/mol. The molecule has 3 aromatic carbocycles. The van der Waals surface area contributed by atoms with Gasteiger partial charge in [0.2, 0.25) is 5.91 Å². The highest BCUT2D eigenvalue weighted by molar-refractivity contribution is 7.99. The van der Waals surface area contributed by atoms with E-state index in [4.69, 9.17) is 0 Å². The quantitative estimate of drug-likeness (QED) is 0.204. The zero-order valence-electron chi connectivity index (χ0n) is 17.0. The fraction of sp³-hybridized carbons (Fsp3) is 0.0870. The molecule has 0 radical (unpaired) electrons. The zero-order chi connectivity index (χ0) is 22.7. The zero-order valence-corrected chi connectivity index (χ0v) is 17.8. The first-order valence-corrected chi connectivity index (χ1v) is 10.7. The average Bonchev–Trinajstić information content (AvgIpc) is 2.79. The Bertz CT molecular complexity index is 1400. The molecule has 0 aliphatic carbocycles. The SMILES string of the molecule is Cc1ccccc1-n1c(SCC(=O)Nc2ccccc2[N+](=O)[O-])nc2ccccc2c1=O. The number of para-hydroxylation sites is 4. The van der Waals surface area contributed by atoms with Crippen LogP contribution in [0.2, 0.25) is 0 Å². The number of thioether (sulfide) groups is 1. The number of rotatable bonds is 6. The van der Waals surface area contributed by atoms with E-state index >= 15 is 0 Å². The largest absolute Gasteiger partial charge is 0.320 e. The van der Waals surface area contributed by atoms with E-state index in [2.05, 4.69) is 10.3 Å². The van der Waals surface area contributed by atoms with Gasteiger partial charge < -0.3 is 5.32 Å². The maximum absolute atomic E-state index is 13.3. The first-order valence-electron chi connectivity index (χ1n) is 9.69. The van der Waals surface area contributed by atoms with Crippen molar-refractivity contribution in [2.24, 2.45) is 0 Å². The summed E-state index contributed by atoms with van der Waals surface area (Å²) >= 11 is 1.09. The topological polar surface area (TPSA) is 107 Å². The first kappa shape index (κ1) is 21.3. The molecule has 0 fully saturated rings. The van der Waals surface area contributed by atoms with Crippen LogP contribution in [-0.4, -0.2) is 26.1 Å². The van der Waals surface area contributed by atoms with Crippen LogP contribution in [0.5, 0.6) is 0 Å². The molecule has 0 aliphatic heterocycles. The maximum Gasteiger partial charge on any atom is 0.292 e. The number of aromatic nitrogens is 2. The number of hydrogen-bond donors (Lipinski definition) is 1. The molecule has 0 saturated heterocycles. The molecule has 0 saturated carbocycles. The van der Waals surface area contributed by atoms with Crippen molar-refractivity contribution >= 4 is 39.9 Å². The molecule has 32 heavy (non-hydrogen) atoms. The molecule has 1 amide bonds. The first-order chi connectivity index (χ1) is 15.5. The Balaban J connectivity index is 1.68. The van der Waals surface area contributed by atoms with Gasteiger partial charge in [0, 0.05) is 6.07 Å². The number of hydrogen-bond acceptors (Lipinski definition) is 6. The normalized spacial score (nSPS) is 10.8. The van der Waals surface area contributed by atoms with Gasteiger partial charge in [-0.1, -0.05) is 54.2 Å². The van der Waals surface area contributed by atoms with E-state index < -0.39 is 10.8 Å². The predicted octanol–water partition coefficient (Wildman–Crippen LogP) is 4.33. The van der Waals surface area contributed by atoms with Gasteiger partial charge in [-0.15, -0.1) is 0 Å². The molecule has 1 heterocycles. The molecule has 8 nitrogen and oxygen atoms in total. The van der Waals surface area contributed by atoms with Crippen LogP contribution in [0.15, 0.2) is 82.7 Å². The van der Waals surface area contributed by atoms with Crippen molar-refractivity contribution < 1.29 is 9.72 Å². The van der Waals surface area contributed by atoms with Crippen LogP contribution >= 0.6 is 11.8 Å². The van der Waals surface area contributed by atoms with E-state index in [0.717, 1.165) is 17.3 Å². The van der Waals surface area contributed by atoms with E-state index in [1.165, 1.54) is 22.8 Å². The van der Waals surface area contributed by atoms with Crippen molar-refractivity contribution in [2.45, 2.75) is 12.1 Å². The van der Waals surface area contributed by atoms with Crippen molar-refractivity contribution in [3.8, 4) is 5.69 Å². The third kappa shape index (κ3) is 4.23. The van der Waals surface area contributed by atoms with Crippen LogP contribution < -0.4 is 10.9 Å². The highest BCUT2D eigenvalue weighted by Crippen LogP contribution is 2.25. The molecule has 0 spiro atoms. The highest BCUT2D eigenvalue weighted by Gasteiger charge is 2.18. The standard InChI is InChI=1S/C23H18N4O4S/c1-15-8-2-6-12-19(15)26-22(29)16-9-3-4-10-17(16)25-23(26)32-14-21(28)24-18-11-5-7-13-20(18)27(30)31/h2-13H,14H2,1H3,(H,24,28). The van der Waals surface area contributed by atoms with Crippen LogP contribution in [0.25, 0.3) is 16.6 Å². The molecule has 0 unspecified atom stereocenters. The van der Waals surface area contributed by atoms with E-state index in [1.807, 2.05) is 31.2 Å². The minimum atomic E-state index is -0.552. The van der Waals surface area contributed by atoms with E-state index in [1.54, 1.807) is 30.3 Å². The third-order valence-electron chi connectivity index (χ3n) is 4.81. The molecule has 1 aromatic heterocycles. The van der Waals surface area contributed by atoms with Gasteiger partial charge in [0.1, 0.15) is 5.69 Å². The van der Waals surface area contributed by atoms with Crippen LogP contribution in [0.4, 0.5) is 11.4 Å². The lowest BCUT2D eigenvalue weighted by Gasteiger charge is -2.15. The van der Waals surface area contributed by atoms with E-state index in [-0.39, 0.29) is 22.7 Å². The fourth-order valence-corrected chi connectivity index (χ4v) is 4.10. The number of nitro groups is 1. The summed E-state index contributed by atoms with van der Waals surface area (Å²) in [5.74, 6) is -0.522. The summed E-state index contributed by atoms with van der Waals surface area (Å²) in [4.78, 5) is 41.1. The Kier molecular flexibility index (Phi) is 6.00. The van der Waals surface area contributed by atoms with E-state index in [9.17, 15) is 19.7 Å². The Morgan fingerprint density at radius 1 is 1.06 bits per heavy atom. The average molecular weight is 446 g/mol.